The lowest BCUT2D eigenvalue weighted by Crippen LogP contribution is -2.51. The van der Waals surface area contributed by atoms with Crippen molar-refractivity contribution in [1.29, 1.82) is 0 Å². The van der Waals surface area contributed by atoms with Crippen LogP contribution in [-0.4, -0.2) is 70.5 Å². The molecule has 0 aromatic heterocycles. The Morgan fingerprint density at radius 2 is 1.96 bits per heavy atom. The summed E-state index contributed by atoms with van der Waals surface area (Å²) in [5.74, 6) is 1.81. The third-order valence-electron chi connectivity index (χ3n) is 5.13. The maximum atomic E-state index is 5.55. The Morgan fingerprint density at radius 3 is 2.62 bits per heavy atom. The summed E-state index contributed by atoms with van der Waals surface area (Å²) in [7, 11) is 6.00. The molecule has 1 aliphatic rings. The molecular formula is C20H34N4O2. The molecule has 1 heterocycles. The van der Waals surface area contributed by atoms with Crippen molar-refractivity contribution >= 4 is 5.96 Å². The van der Waals surface area contributed by atoms with Crippen molar-refractivity contribution in [3.8, 4) is 5.75 Å². The predicted molar refractivity (Wildman–Crippen MR) is 107 cm³/mol. The van der Waals surface area contributed by atoms with E-state index in [1.165, 1.54) is 5.56 Å². The van der Waals surface area contributed by atoms with Crippen molar-refractivity contribution < 1.29 is 9.47 Å². The van der Waals surface area contributed by atoms with E-state index in [0.29, 0.717) is 0 Å². The molecule has 0 amide bonds. The second kappa shape index (κ2) is 10.4. The molecule has 1 saturated heterocycles. The van der Waals surface area contributed by atoms with Crippen LogP contribution in [0.2, 0.25) is 0 Å². The zero-order valence-corrected chi connectivity index (χ0v) is 16.7. The molecule has 0 aliphatic carbocycles. The highest BCUT2D eigenvalue weighted by atomic mass is 16.5. The first-order valence-corrected chi connectivity index (χ1v) is 9.50. The number of nitrogens with zero attached hydrogens (tertiary/aromatic N) is 2. The molecule has 146 valence electrons. The molecule has 2 rings (SSSR count). The van der Waals surface area contributed by atoms with Gasteiger partial charge in [0.2, 0.25) is 0 Å². The molecule has 26 heavy (non-hydrogen) atoms. The normalized spacial score (nSPS) is 17.2. The zero-order valence-electron chi connectivity index (χ0n) is 16.7. The number of hydrogen-bond acceptors (Lipinski definition) is 4. The van der Waals surface area contributed by atoms with Crippen molar-refractivity contribution in [1.82, 2.24) is 15.5 Å². The molecule has 6 nitrogen and oxygen atoms in total. The third-order valence-corrected chi connectivity index (χ3v) is 5.13. The van der Waals surface area contributed by atoms with Crippen molar-refractivity contribution in [2.24, 2.45) is 4.99 Å². The van der Waals surface area contributed by atoms with E-state index in [0.717, 1.165) is 63.8 Å². The number of methoxy groups -OCH3 is 1. The number of aliphatic imine (C=N–C) groups is 1. The fraction of sp³-hybridized carbons (Fsp3) is 0.650. The van der Waals surface area contributed by atoms with Crippen LogP contribution in [0.4, 0.5) is 0 Å². The SMILES string of the molecule is CCNC(=NCC1(N(C)C)CCOCC1)NCCc1ccccc1OC. The lowest BCUT2D eigenvalue weighted by Gasteiger charge is -2.41. The van der Waals surface area contributed by atoms with Crippen LogP contribution in [0.1, 0.15) is 25.3 Å². The van der Waals surface area contributed by atoms with Gasteiger partial charge >= 0.3 is 0 Å². The number of ether oxygens (including phenoxy) is 2. The molecule has 1 aromatic rings. The highest BCUT2D eigenvalue weighted by molar-refractivity contribution is 5.79. The fourth-order valence-electron chi connectivity index (χ4n) is 3.29. The molecule has 1 aromatic carbocycles. The van der Waals surface area contributed by atoms with Gasteiger partial charge in [-0.3, -0.25) is 4.99 Å². The summed E-state index contributed by atoms with van der Waals surface area (Å²) in [5.41, 5.74) is 1.29. The van der Waals surface area contributed by atoms with Crippen molar-refractivity contribution in [2.75, 3.05) is 54.1 Å². The molecule has 0 radical (unpaired) electrons. The van der Waals surface area contributed by atoms with E-state index in [4.69, 9.17) is 14.5 Å². The van der Waals surface area contributed by atoms with Gasteiger partial charge in [0.05, 0.1) is 13.7 Å². The highest BCUT2D eigenvalue weighted by Gasteiger charge is 2.34. The lowest BCUT2D eigenvalue weighted by molar-refractivity contribution is -0.00254. The predicted octanol–water partition coefficient (Wildman–Crippen LogP) is 1.90. The molecule has 2 N–H and O–H groups in total. The number of nitrogens with one attached hydrogen (secondary N) is 2. The Bertz CT molecular complexity index is 569. The number of para-hydroxylation sites is 1. The van der Waals surface area contributed by atoms with E-state index in [-0.39, 0.29) is 5.54 Å². The van der Waals surface area contributed by atoms with E-state index in [1.54, 1.807) is 7.11 Å². The zero-order chi connectivity index (χ0) is 18.8. The van der Waals surface area contributed by atoms with Gasteiger partial charge in [-0.25, -0.2) is 0 Å². The van der Waals surface area contributed by atoms with Gasteiger partial charge in [0.1, 0.15) is 5.75 Å². The van der Waals surface area contributed by atoms with Crippen LogP contribution in [0.15, 0.2) is 29.3 Å². The number of benzene rings is 1. The van der Waals surface area contributed by atoms with E-state index >= 15 is 0 Å². The maximum Gasteiger partial charge on any atom is 0.191 e. The van der Waals surface area contributed by atoms with Crippen LogP contribution in [0.25, 0.3) is 0 Å². The second-order valence-electron chi connectivity index (χ2n) is 6.91. The standard InChI is InChI=1S/C20H34N4O2/c1-5-21-19(22-13-10-17-8-6-7-9-18(17)25-4)23-16-20(24(2)3)11-14-26-15-12-20/h6-9H,5,10-16H2,1-4H3,(H2,21,22,23). The summed E-state index contributed by atoms with van der Waals surface area (Å²) >= 11 is 0. The van der Waals surface area contributed by atoms with Crippen LogP contribution in [-0.2, 0) is 11.2 Å². The minimum atomic E-state index is 0.0866. The van der Waals surface area contributed by atoms with E-state index in [9.17, 15) is 0 Å². The van der Waals surface area contributed by atoms with Crippen LogP contribution in [0, 0.1) is 0 Å². The first kappa shape index (κ1) is 20.5. The smallest absolute Gasteiger partial charge is 0.191 e. The Balaban J connectivity index is 1.95. The minimum absolute atomic E-state index is 0.0866. The Labute approximate surface area is 158 Å². The van der Waals surface area contributed by atoms with Gasteiger partial charge in [-0.1, -0.05) is 18.2 Å². The topological polar surface area (TPSA) is 58.1 Å². The largest absolute Gasteiger partial charge is 0.496 e. The van der Waals surface area contributed by atoms with Crippen LogP contribution < -0.4 is 15.4 Å². The van der Waals surface area contributed by atoms with E-state index in [2.05, 4.69) is 42.6 Å². The molecule has 0 spiro atoms. The average Bonchev–Trinajstić information content (AvgIpc) is 2.67. The summed E-state index contributed by atoms with van der Waals surface area (Å²) in [6.07, 6.45) is 2.93. The number of hydrogen-bond donors (Lipinski definition) is 2. The highest BCUT2D eigenvalue weighted by Crippen LogP contribution is 2.26. The summed E-state index contributed by atoms with van der Waals surface area (Å²) in [6, 6.07) is 8.15. The summed E-state index contributed by atoms with van der Waals surface area (Å²) in [6.45, 7) is 6.14. The van der Waals surface area contributed by atoms with Gasteiger partial charge in [-0.15, -0.1) is 0 Å². The van der Waals surface area contributed by atoms with Gasteiger partial charge in [0, 0.05) is 31.8 Å². The second-order valence-corrected chi connectivity index (χ2v) is 6.91. The van der Waals surface area contributed by atoms with Crippen molar-refractivity contribution in [2.45, 2.75) is 31.7 Å². The number of guanidine groups is 1. The summed E-state index contributed by atoms with van der Waals surface area (Å²) in [4.78, 5) is 7.17. The average molecular weight is 363 g/mol. The molecule has 0 bridgehead atoms. The maximum absolute atomic E-state index is 5.55. The molecule has 0 atom stereocenters. The van der Waals surface area contributed by atoms with Gasteiger partial charge in [-0.2, -0.15) is 0 Å². The van der Waals surface area contributed by atoms with Crippen LogP contribution in [0.3, 0.4) is 0 Å². The monoisotopic (exact) mass is 362 g/mol. The molecule has 6 heteroatoms. The minimum Gasteiger partial charge on any atom is -0.496 e. The van der Waals surface area contributed by atoms with Crippen LogP contribution in [0.5, 0.6) is 5.75 Å². The van der Waals surface area contributed by atoms with E-state index in [1.807, 2.05) is 18.2 Å². The Hall–Kier alpha value is -1.79. The van der Waals surface area contributed by atoms with Gasteiger partial charge in [0.15, 0.2) is 5.96 Å². The quantitative estimate of drug-likeness (QED) is 0.546. The van der Waals surface area contributed by atoms with Gasteiger partial charge < -0.3 is 25.0 Å². The fourth-order valence-corrected chi connectivity index (χ4v) is 3.29. The number of likely N-dealkylation sites (N-methyl/N-ethyl adjacent to an activating group) is 1. The van der Waals surface area contributed by atoms with Gasteiger partial charge in [0.25, 0.3) is 0 Å². The first-order valence-electron chi connectivity index (χ1n) is 9.50. The molecule has 1 aliphatic heterocycles. The number of rotatable bonds is 8. The molecule has 0 unspecified atom stereocenters. The van der Waals surface area contributed by atoms with Crippen LogP contribution >= 0.6 is 0 Å². The van der Waals surface area contributed by atoms with Crippen molar-refractivity contribution in [3.63, 3.8) is 0 Å². The molecule has 0 saturated carbocycles. The van der Waals surface area contributed by atoms with Gasteiger partial charge in [-0.05, 0) is 51.9 Å². The molecular weight excluding hydrogens is 328 g/mol. The van der Waals surface area contributed by atoms with E-state index < -0.39 is 0 Å². The Morgan fingerprint density at radius 1 is 1.23 bits per heavy atom. The van der Waals surface area contributed by atoms with Crippen molar-refractivity contribution in [3.05, 3.63) is 29.8 Å². The summed E-state index contributed by atoms with van der Waals surface area (Å²) in [5, 5.41) is 6.80. The lowest BCUT2D eigenvalue weighted by atomic mass is 9.89. The third kappa shape index (κ3) is 5.61. The summed E-state index contributed by atoms with van der Waals surface area (Å²) < 4.78 is 11.0. The molecule has 1 fully saturated rings. The Kier molecular flexibility index (Phi) is 8.19. The first-order chi connectivity index (χ1) is 12.6.